The van der Waals surface area contributed by atoms with Crippen molar-refractivity contribution >= 4 is 29.9 Å². The lowest BCUT2D eigenvalue weighted by atomic mass is 10.0. The maximum Gasteiger partial charge on any atom is 0.191 e. The van der Waals surface area contributed by atoms with Crippen molar-refractivity contribution in [3.8, 4) is 0 Å². The number of hydrogen-bond donors (Lipinski definition) is 2. The zero-order valence-electron chi connectivity index (χ0n) is 17.8. The van der Waals surface area contributed by atoms with E-state index in [0.29, 0.717) is 12.6 Å². The number of nitrogens with zero attached hydrogens (tertiary/aromatic N) is 3. The first-order valence-electron chi connectivity index (χ1n) is 10.4. The number of halogens is 1. The van der Waals surface area contributed by atoms with Gasteiger partial charge in [0.1, 0.15) is 6.54 Å². The second-order valence-corrected chi connectivity index (χ2v) is 7.45. The van der Waals surface area contributed by atoms with E-state index in [9.17, 15) is 0 Å². The maximum absolute atomic E-state index is 5.34. The SMILES string of the molecule is CCNC(=NCc1cc(CC)no1)NC1CCN(Cc2ccccc2C)CC1.I. The van der Waals surface area contributed by atoms with Crippen LogP contribution in [0.25, 0.3) is 0 Å². The molecule has 2 heterocycles. The molecule has 29 heavy (non-hydrogen) atoms. The van der Waals surface area contributed by atoms with E-state index in [0.717, 1.165) is 62.9 Å². The van der Waals surface area contributed by atoms with E-state index in [4.69, 9.17) is 4.52 Å². The fourth-order valence-corrected chi connectivity index (χ4v) is 3.53. The molecule has 0 unspecified atom stereocenters. The summed E-state index contributed by atoms with van der Waals surface area (Å²) >= 11 is 0. The third-order valence-corrected chi connectivity index (χ3v) is 5.29. The van der Waals surface area contributed by atoms with Gasteiger partial charge in [-0.1, -0.05) is 36.3 Å². The van der Waals surface area contributed by atoms with E-state index >= 15 is 0 Å². The van der Waals surface area contributed by atoms with Crippen LogP contribution in [0.1, 0.15) is 49.3 Å². The number of nitrogens with one attached hydrogen (secondary N) is 2. The summed E-state index contributed by atoms with van der Waals surface area (Å²) in [5.41, 5.74) is 3.79. The fourth-order valence-electron chi connectivity index (χ4n) is 3.53. The molecule has 160 valence electrons. The van der Waals surface area contributed by atoms with Crippen molar-refractivity contribution in [3.63, 3.8) is 0 Å². The summed E-state index contributed by atoms with van der Waals surface area (Å²) < 4.78 is 5.34. The van der Waals surface area contributed by atoms with Crippen LogP contribution in [0, 0.1) is 6.92 Å². The van der Waals surface area contributed by atoms with Gasteiger partial charge in [0.15, 0.2) is 11.7 Å². The van der Waals surface area contributed by atoms with Crippen LogP contribution in [-0.4, -0.2) is 41.7 Å². The van der Waals surface area contributed by atoms with Crippen LogP contribution in [-0.2, 0) is 19.5 Å². The van der Waals surface area contributed by atoms with Crippen LogP contribution >= 0.6 is 24.0 Å². The number of piperidine rings is 1. The largest absolute Gasteiger partial charge is 0.359 e. The highest BCUT2D eigenvalue weighted by Gasteiger charge is 2.20. The molecule has 1 saturated heterocycles. The third-order valence-electron chi connectivity index (χ3n) is 5.29. The van der Waals surface area contributed by atoms with Crippen molar-refractivity contribution in [1.29, 1.82) is 0 Å². The standard InChI is InChI=1S/C22H33N5O.HI/c1-4-19-14-21(28-26-19)15-24-22(23-5-2)25-20-10-12-27(13-11-20)16-18-9-7-6-8-17(18)3;/h6-9,14,20H,4-5,10-13,15-16H2,1-3H3,(H2,23,24,25);1H. The molecule has 2 N–H and O–H groups in total. The summed E-state index contributed by atoms with van der Waals surface area (Å²) in [4.78, 5) is 7.22. The van der Waals surface area contributed by atoms with Crippen molar-refractivity contribution in [2.75, 3.05) is 19.6 Å². The minimum absolute atomic E-state index is 0. The summed E-state index contributed by atoms with van der Waals surface area (Å²) in [6, 6.07) is 11.1. The summed E-state index contributed by atoms with van der Waals surface area (Å²) in [6.45, 7) is 11.0. The van der Waals surface area contributed by atoms with E-state index in [2.05, 4.69) is 70.7 Å². The normalized spacial score (nSPS) is 15.8. The molecule has 0 amide bonds. The van der Waals surface area contributed by atoms with Gasteiger partial charge in [0.05, 0.1) is 5.69 Å². The number of rotatable bonds is 7. The maximum atomic E-state index is 5.34. The number of likely N-dealkylation sites (tertiary alicyclic amines) is 1. The van der Waals surface area contributed by atoms with Gasteiger partial charge in [0.2, 0.25) is 0 Å². The van der Waals surface area contributed by atoms with Gasteiger partial charge in [0.25, 0.3) is 0 Å². The monoisotopic (exact) mass is 511 g/mol. The topological polar surface area (TPSA) is 65.7 Å². The van der Waals surface area contributed by atoms with Crippen LogP contribution in [0.5, 0.6) is 0 Å². The molecule has 3 rings (SSSR count). The second kappa shape index (κ2) is 12.2. The van der Waals surface area contributed by atoms with Crippen LogP contribution in [0.2, 0.25) is 0 Å². The number of guanidine groups is 1. The lowest BCUT2D eigenvalue weighted by molar-refractivity contribution is 0.198. The summed E-state index contributed by atoms with van der Waals surface area (Å²) in [6.07, 6.45) is 3.13. The highest BCUT2D eigenvalue weighted by molar-refractivity contribution is 14.0. The molecule has 1 aromatic carbocycles. The molecule has 0 radical (unpaired) electrons. The molecule has 0 atom stereocenters. The third kappa shape index (κ3) is 7.29. The van der Waals surface area contributed by atoms with E-state index < -0.39 is 0 Å². The molecule has 0 spiro atoms. The molecular formula is C22H34IN5O. The Morgan fingerprint density at radius 2 is 2.00 bits per heavy atom. The van der Waals surface area contributed by atoms with Crippen LogP contribution in [0.4, 0.5) is 0 Å². The van der Waals surface area contributed by atoms with Crippen LogP contribution < -0.4 is 10.6 Å². The van der Waals surface area contributed by atoms with Gasteiger partial charge in [-0.05, 0) is 44.2 Å². The number of aryl methyl sites for hydroxylation is 2. The molecule has 2 aromatic rings. The van der Waals surface area contributed by atoms with Gasteiger partial charge in [-0.2, -0.15) is 0 Å². The average molecular weight is 511 g/mol. The van der Waals surface area contributed by atoms with Gasteiger partial charge in [-0.15, -0.1) is 24.0 Å². The van der Waals surface area contributed by atoms with Crippen molar-refractivity contribution in [3.05, 3.63) is 52.9 Å². The predicted molar refractivity (Wildman–Crippen MR) is 129 cm³/mol. The molecule has 0 aliphatic carbocycles. The van der Waals surface area contributed by atoms with Crippen LogP contribution in [0.15, 0.2) is 39.8 Å². The quantitative estimate of drug-likeness (QED) is 0.336. The zero-order chi connectivity index (χ0) is 19.8. The Hall–Kier alpha value is -1.61. The first-order chi connectivity index (χ1) is 13.7. The molecule has 1 aliphatic rings. The van der Waals surface area contributed by atoms with Crippen LogP contribution in [0.3, 0.4) is 0 Å². The lowest BCUT2D eigenvalue weighted by Gasteiger charge is -2.33. The summed E-state index contributed by atoms with van der Waals surface area (Å²) in [5.74, 6) is 1.66. The zero-order valence-corrected chi connectivity index (χ0v) is 20.1. The number of benzene rings is 1. The second-order valence-electron chi connectivity index (χ2n) is 7.45. The first kappa shape index (κ1) is 23.7. The van der Waals surface area contributed by atoms with Crippen molar-refractivity contribution in [2.45, 2.75) is 59.2 Å². The highest BCUT2D eigenvalue weighted by atomic mass is 127. The molecular weight excluding hydrogens is 477 g/mol. The van der Waals surface area contributed by atoms with Crippen molar-refractivity contribution < 1.29 is 4.52 Å². The Kier molecular flexibility index (Phi) is 9.93. The molecule has 0 bridgehead atoms. The molecule has 0 saturated carbocycles. The molecule has 1 aromatic heterocycles. The highest BCUT2D eigenvalue weighted by Crippen LogP contribution is 2.16. The summed E-state index contributed by atoms with van der Waals surface area (Å²) in [7, 11) is 0. The van der Waals surface area contributed by atoms with Gasteiger partial charge >= 0.3 is 0 Å². The van der Waals surface area contributed by atoms with Crippen molar-refractivity contribution in [1.82, 2.24) is 20.7 Å². The van der Waals surface area contributed by atoms with Crippen molar-refractivity contribution in [2.24, 2.45) is 4.99 Å². The lowest BCUT2D eigenvalue weighted by Crippen LogP contribution is -2.48. The molecule has 6 nitrogen and oxygen atoms in total. The predicted octanol–water partition coefficient (Wildman–Crippen LogP) is 3.88. The van der Waals surface area contributed by atoms with Gasteiger partial charge in [0, 0.05) is 38.3 Å². The smallest absolute Gasteiger partial charge is 0.191 e. The average Bonchev–Trinajstić information content (AvgIpc) is 3.18. The Morgan fingerprint density at radius 1 is 1.24 bits per heavy atom. The van der Waals surface area contributed by atoms with Gasteiger partial charge < -0.3 is 15.2 Å². The van der Waals surface area contributed by atoms with E-state index in [1.54, 1.807) is 0 Å². The summed E-state index contributed by atoms with van der Waals surface area (Å²) in [5, 5.41) is 11.0. The molecule has 1 fully saturated rings. The fraction of sp³-hybridized carbons (Fsp3) is 0.545. The van der Waals surface area contributed by atoms with E-state index in [1.807, 2.05) is 6.07 Å². The Bertz CT molecular complexity index is 768. The number of hydrogen-bond acceptors (Lipinski definition) is 4. The number of aromatic nitrogens is 1. The molecule has 1 aliphatic heterocycles. The Morgan fingerprint density at radius 3 is 2.66 bits per heavy atom. The minimum atomic E-state index is 0. The Balaban J connectivity index is 0.00000300. The molecule has 7 heteroatoms. The first-order valence-corrected chi connectivity index (χ1v) is 10.4. The Labute approximate surface area is 191 Å². The van der Waals surface area contributed by atoms with E-state index in [-0.39, 0.29) is 24.0 Å². The van der Waals surface area contributed by atoms with E-state index in [1.165, 1.54) is 11.1 Å². The minimum Gasteiger partial charge on any atom is -0.359 e. The van der Waals surface area contributed by atoms with Gasteiger partial charge in [-0.3, -0.25) is 4.90 Å². The van der Waals surface area contributed by atoms with Gasteiger partial charge in [-0.25, -0.2) is 4.99 Å². The number of aliphatic imine (C=N–C) groups is 1.